The summed E-state index contributed by atoms with van der Waals surface area (Å²) in [5.74, 6) is 0.481. The quantitative estimate of drug-likeness (QED) is 0.655. The molecule has 0 rings (SSSR count). The maximum atomic E-state index is 10.9. The molecule has 12 heavy (non-hydrogen) atoms. The van der Waals surface area contributed by atoms with Crippen LogP contribution in [0.1, 0.15) is 20.3 Å². The molecule has 0 saturated heterocycles. The molecule has 1 unspecified atom stereocenters. The van der Waals surface area contributed by atoms with Crippen molar-refractivity contribution in [3.05, 3.63) is 6.42 Å². The van der Waals surface area contributed by atoms with E-state index in [-0.39, 0.29) is 0 Å². The molecular formula is C8H18NO2S. The molecule has 0 aromatic rings. The van der Waals surface area contributed by atoms with Gasteiger partial charge in [-0.25, -0.2) is 12.7 Å². The van der Waals surface area contributed by atoms with Gasteiger partial charge in [-0.2, -0.15) is 0 Å². The Bertz CT molecular complexity index is 211. The van der Waals surface area contributed by atoms with Gasteiger partial charge in [0.1, 0.15) is 0 Å². The molecule has 0 spiro atoms. The maximum Gasteiger partial charge on any atom is 0.210 e. The summed E-state index contributed by atoms with van der Waals surface area (Å²) in [6.07, 6.45) is 4.29. The van der Waals surface area contributed by atoms with E-state index in [1.807, 2.05) is 6.42 Å². The van der Waals surface area contributed by atoms with Crippen LogP contribution >= 0.6 is 0 Å². The number of sulfonamides is 1. The van der Waals surface area contributed by atoms with Gasteiger partial charge in [-0.1, -0.05) is 20.3 Å². The van der Waals surface area contributed by atoms with E-state index >= 15 is 0 Å². The van der Waals surface area contributed by atoms with Gasteiger partial charge in [0.25, 0.3) is 0 Å². The van der Waals surface area contributed by atoms with Crippen LogP contribution in [0.25, 0.3) is 0 Å². The van der Waals surface area contributed by atoms with Crippen molar-refractivity contribution >= 4 is 10.0 Å². The first-order valence-electron chi connectivity index (χ1n) is 4.12. The summed E-state index contributed by atoms with van der Waals surface area (Å²) in [5.41, 5.74) is 0. The molecule has 1 atom stereocenters. The highest BCUT2D eigenvalue weighted by molar-refractivity contribution is 7.88. The van der Waals surface area contributed by atoms with Crippen molar-refractivity contribution in [1.82, 2.24) is 4.31 Å². The third-order valence-corrected chi connectivity index (χ3v) is 3.26. The van der Waals surface area contributed by atoms with Crippen LogP contribution in [0.4, 0.5) is 0 Å². The van der Waals surface area contributed by atoms with Gasteiger partial charge in [0.05, 0.1) is 6.26 Å². The zero-order valence-electron chi connectivity index (χ0n) is 8.24. The highest BCUT2D eigenvalue weighted by atomic mass is 32.2. The lowest BCUT2D eigenvalue weighted by atomic mass is 10.1. The van der Waals surface area contributed by atoms with Gasteiger partial charge in [-0.3, -0.25) is 0 Å². The van der Waals surface area contributed by atoms with Crippen molar-refractivity contribution in [3.63, 3.8) is 0 Å². The number of hydrogen-bond donors (Lipinski definition) is 0. The Balaban J connectivity index is 3.80. The van der Waals surface area contributed by atoms with E-state index < -0.39 is 10.0 Å². The summed E-state index contributed by atoms with van der Waals surface area (Å²) >= 11 is 0. The van der Waals surface area contributed by atoms with E-state index in [0.29, 0.717) is 12.5 Å². The normalized spacial score (nSPS) is 15.1. The Kier molecular flexibility index (Phi) is 4.78. The van der Waals surface area contributed by atoms with Crippen LogP contribution in [0.5, 0.6) is 0 Å². The second-order valence-electron chi connectivity index (χ2n) is 3.16. The zero-order chi connectivity index (χ0) is 9.78. The SMILES string of the molecule is CCC(C)[CH]CN(C)S(C)(=O)=O. The summed E-state index contributed by atoms with van der Waals surface area (Å²) in [6.45, 7) is 4.67. The molecule has 3 nitrogen and oxygen atoms in total. The van der Waals surface area contributed by atoms with Crippen molar-refractivity contribution in [2.24, 2.45) is 5.92 Å². The number of nitrogens with zero attached hydrogens (tertiary/aromatic N) is 1. The van der Waals surface area contributed by atoms with E-state index in [9.17, 15) is 8.42 Å². The molecule has 1 radical (unpaired) electrons. The van der Waals surface area contributed by atoms with Crippen LogP contribution in [-0.4, -0.2) is 32.6 Å². The van der Waals surface area contributed by atoms with Gasteiger partial charge in [0.2, 0.25) is 10.0 Å². The third-order valence-electron chi connectivity index (χ3n) is 1.97. The highest BCUT2D eigenvalue weighted by Crippen LogP contribution is 2.06. The molecule has 0 aliphatic rings. The molecule has 0 heterocycles. The Morgan fingerprint density at radius 1 is 1.50 bits per heavy atom. The summed E-state index contributed by atoms with van der Waals surface area (Å²) in [5, 5.41) is 0. The standard InChI is InChI=1S/C8H18NO2S/c1-5-8(2)6-7-9(3)12(4,10)11/h6,8H,5,7H2,1-4H3. The van der Waals surface area contributed by atoms with Crippen LogP contribution in [0.2, 0.25) is 0 Å². The third kappa shape index (κ3) is 4.72. The van der Waals surface area contributed by atoms with E-state index in [1.165, 1.54) is 10.6 Å². The summed E-state index contributed by atoms with van der Waals surface area (Å²) in [6, 6.07) is 0. The number of rotatable bonds is 5. The largest absolute Gasteiger partial charge is 0.213 e. The summed E-state index contributed by atoms with van der Waals surface area (Å²) in [7, 11) is -1.41. The Morgan fingerprint density at radius 2 is 2.00 bits per heavy atom. The minimum atomic E-state index is -3.00. The average molecular weight is 192 g/mol. The van der Waals surface area contributed by atoms with Gasteiger partial charge < -0.3 is 0 Å². The first-order chi connectivity index (χ1) is 5.38. The minimum Gasteiger partial charge on any atom is -0.213 e. The molecule has 0 N–H and O–H groups in total. The molecule has 4 heteroatoms. The fourth-order valence-corrected chi connectivity index (χ4v) is 0.987. The molecule has 0 amide bonds. The maximum absolute atomic E-state index is 10.9. The smallest absolute Gasteiger partial charge is 0.210 e. The van der Waals surface area contributed by atoms with E-state index in [2.05, 4.69) is 13.8 Å². The van der Waals surface area contributed by atoms with E-state index in [4.69, 9.17) is 0 Å². The van der Waals surface area contributed by atoms with E-state index in [0.717, 1.165) is 6.42 Å². The molecule has 0 bridgehead atoms. The van der Waals surface area contributed by atoms with Crippen molar-refractivity contribution in [2.75, 3.05) is 19.8 Å². The van der Waals surface area contributed by atoms with Gasteiger partial charge >= 0.3 is 0 Å². The lowest BCUT2D eigenvalue weighted by Crippen LogP contribution is -2.27. The first kappa shape index (κ1) is 11.9. The average Bonchev–Trinajstić information content (AvgIpc) is 1.97. The van der Waals surface area contributed by atoms with Crippen LogP contribution in [-0.2, 0) is 10.0 Å². The molecule has 0 aromatic heterocycles. The van der Waals surface area contributed by atoms with Gasteiger partial charge in [0, 0.05) is 13.6 Å². The van der Waals surface area contributed by atoms with Crippen molar-refractivity contribution in [1.29, 1.82) is 0 Å². The second kappa shape index (κ2) is 4.82. The minimum absolute atomic E-state index is 0.481. The first-order valence-corrected chi connectivity index (χ1v) is 5.97. The summed E-state index contributed by atoms with van der Waals surface area (Å²) in [4.78, 5) is 0. The molecule has 0 aliphatic heterocycles. The fraction of sp³-hybridized carbons (Fsp3) is 0.875. The second-order valence-corrected chi connectivity index (χ2v) is 5.25. The van der Waals surface area contributed by atoms with Crippen LogP contribution < -0.4 is 0 Å². The highest BCUT2D eigenvalue weighted by Gasteiger charge is 2.11. The van der Waals surface area contributed by atoms with Gasteiger partial charge in [-0.05, 0) is 12.3 Å². The van der Waals surface area contributed by atoms with E-state index in [1.54, 1.807) is 7.05 Å². The van der Waals surface area contributed by atoms with Crippen LogP contribution in [0.15, 0.2) is 0 Å². The van der Waals surface area contributed by atoms with Crippen molar-refractivity contribution in [2.45, 2.75) is 20.3 Å². The Labute approximate surface area is 75.8 Å². The lowest BCUT2D eigenvalue weighted by molar-refractivity contribution is 0.474. The lowest BCUT2D eigenvalue weighted by Gasteiger charge is -2.15. The molecule has 0 aromatic carbocycles. The van der Waals surface area contributed by atoms with Crippen molar-refractivity contribution in [3.8, 4) is 0 Å². The fourth-order valence-electron chi connectivity index (χ4n) is 0.630. The van der Waals surface area contributed by atoms with Crippen molar-refractivity contribution < 1.29 is 8.42 Å². The van der Waals surface area contributed by atoms with Crippen LogP contribution in [0, 0.1) is 12.3 Å². The molecular weight excluding hydrogens is 174 g/mol. The number of hydrogen-bond acceptors (Lipinski definition) is 2. The topological polar surface area (TPSA) is 37.4 Å². The molecule has 0 aliphatic carbocycles. The monoisotopic (exact) mass is 192 g/mol. The molecule has 73 valence electrons. The predicted octanol–water partition coefficient (Wildman–Crippen LogP) is 1.13. The van der Waals surface area contributed by atoms with Gasteiger partial charge in [0.15, 0.2) is 0 Å². The Hall–Kier alpha value is -0.0900. The zero-order valence-corrected chi connectivity index (χ0v) is 9.06. The van der Waals surface area contributed by atoms with Crippen LogP contribution in [0.3, 0.4) is 0 Å². The van der Waals surface area contributed by atoms with Gasteiger partial charge in [-0.15, -0.1) is 0 Å². The molecule has 0 saturated carbocycles. The predicted molar refractivity (Wildman–Crippen MR) is 51.2 cm³/mol. The Morgan fingerprint density at radius 3 is 2.33 bits per heavy atom. The molecule has 0 fully saturated rings. The summed E-state index contributed by atoms with van der Waals surface area (Å²) < 4.78 is 23.2.